The van der Waals surface area contributed by atoms with Crippen LogP contribution in [0.25, 0.3) is 0 Å². The van der Waals surface area contributed by atoms with Crippen molar-refractivity contribution in [2.75, 3.05) is 53.9 Å². The molecule has 3 amide bonds. The Balaban J connectivity index is 1.99. The van der Waals surface area contributed by atoms with Crippen LogP contribution >= 0.6 is 0 Å². The summed E-state index contributed by atoms with van der Waals surface area (Å²) in [5.74, 6) is 0.126. The summed E-state index contributed by atoms with van der Waals surface area (Å²) in [5.41, 5.74) is 0. The number of likely N-dealkylation sites (tertiary alicyclic amines) is 1. The number of carbonyl (C=O) groups is 2. The van der Waals surface area contributed by atoms with E-state index >= 15 is 0 Å². The molecule has 0 spiro atoms. The Morgan fingerprint density at radius 1 is 1.05 bits per heavy atom. The summed E-state index contributed by atoms with van der Waals surface area (Å²) in [7, 11) is 5.54. The first-order chi connectivity index (χ1) is 9.00. The van der Waals surface area contributed by atoms with E-state index in [-0.39, 0.29) is 18.0 Å². The van der Waals surface area contributed by atoms with Crippen LogP contribution in [0.3, 0.4) is 0 Å². The highest BCUT2D eigenvalue weighted by atomic mass is 16.2. The van der Waals surface area contributed by atoms with Crippen LogP contribution in [0.1, 0.15) is 12.8 Å². The predicted molar refractivity (Wildman–Crippen MR) is 72.9 cm³/mol. The number of hydrogen-bond donors (Lipinski definition) is 0. The van der Waals surface area contributed by atoms with Gasteiger partial charge in [-0.3, -0.25) is 4.79 Å². The quantitative estimate of drug-likeness (QED) is 0.667. The fraction of sp³-hybridized carbons (Fsp3) is 0.846. The Hall–Kier alpha value is -1.30. The highest BCUT2D eigenvalue weighted by Crippen LogP contribution is 2.21. The molecule has 2 rings (SSSR count). The van der Waals surface area contributed by atoms with E-state index in [9.17, 15) is 9.59 Å². The smallest absolute Gasteiger partial charge is 0.320 e. The number of carbonyl (C=O) groups excluding carboxylic acids is 2. The van der Waals surface area contributed by atoms with E-state index < -0.39 is 0 Å². The first-order valence-electron chi connectivity index (χ1n) is 6.96. The van der Waals surface area contributed by atoms with Gasteiger partial charge in [-0.15, -0.1) is 0 Å². The average Bonchev–Trinajstić information content (AvgIpc) is 2.86. The largest absolute Gasteiger partial charge is 0.338 e. The number of likely N-dealkylation sites (N-methyl/N-ethyl adjacent to an activating group) is 1. The van der Waals surface area contributed by atoms with Gasteiger partial charge in [-0.05, 0) is 19.9 Å². The third-order valence-corrected chi connectivity index (χ3v) is 3.98. The zero-order valence-electron chi connectivity index (χ0n) is 12.1. The number of hydrogen-bond acceptors (Lipinski definition) is 3. The lowest BCUT2D eigenvalue weighted by Gasteiger charge is -2.36. The van der Waals surface area contributed by atoms with E-state index in [4.69, 9.17) is 0 Å². The van der Waals surface area contributed by atoms with Gasteiger partial charge in [0.2, 0.25) is 5.91 Å². The van der Waals surface area contributed by atoms with Gasteiger partial charge in [-0.2, -0.15) is 0 Å². The molecule has 0 bridgehead atoms. The molecule has 2 saturated heterocycles. The third kappa shape index (κ3) is 3.00. The van der Waals surface area contributed by atoms with Gasteiger partial charge in [0.15, 0.2) is 0 Å². The molecule has 2 fully saturated rings. The Morgan fingerprint density at radius 3 is 2.26 bits per heavy atom. The van der Waals surface area contributed by atoms with Gasteiger partial charge in [-0.1, -0.05) is 0 Å². The van der Waals surface area contributed by atoms with Gasteiger partial charge in [0.05, 0.1) is 0 Å². The summed E-state index contributed by atoms with van der Waals surface area (Å²) in [6.45, 7) is 4.08. The van der Waals surface area contributed by atoms with Crippen molar-refractivity contribution in [1.29, 1.82) is 0 Å². The van der Waals surface area contributed by atoms with Crippen molar-refractivity contribution in [3.05, 3.63) is 0 Å². The Kier molecular flexibility index (Phi) is 4.29. The summed E-state index contributed by atoms with van der Waals surface area (Å²) in [5, 5.41) is 0. The van der Waals surface area contributed by atoms with Crippen LogP contribution in [0, 0.1) is 0 Å². The molecule has 0 aromatic carbocycles. The van der Waals surface area contributed by atoms with Crippen molar-refractivity contribution in [3.63, 3.8) is 0 Å². The van der Waals surface area contributed by atoms with Gasteiger partial charge < -0.3 is 19.6 Å². The van der Waals surface area contributed by atoms with Crippen molar-refractivity contribution in [2.24, 2.45) is 0 Å². The van der Waals surface area contributed by atoms with Crippen molar-refractivity contribution < 1.29 is 9.59 Å². The maximum Gasteiger partial charge on any atom is 0.320 e. The Labute approximate surface area is 114 Å². The maximum atomic E-state index is 12.5. The molecule has 108 valence electrons. The molecule has 0 aliphatic carbocycles. The standard InChI is InChI=1S/C13H24N4O2/c1-14(2)13(19)17-6-4-5-11(17)12(18)16-9-7-15(3)8-10-16/h11H,4-10H2,1-3H3. The van der Waals surface area contributed by atoms with Crippen molar-refractivity contribution in [1.82, 2.24) is 19.6 Å². The molecule has 6 nitrogen and oxygen atoms in total. The summed E-state index contributed by atoms with van der Waals surface area (Å²) in [6, 6.07) is -0.303. The molecule has 0 aromatic heterocycles. The minimum atomic E-state index is -0.252. The van der Waals surface area contributed by atoms with Crippen LogP contribution in [-0.4, -0.2) is 91.4 Å². The topological polar surface area (TPSA) is 47.1 Å². The van der Waals surface area contributed by atoms with Crippen LogP contribution in [-0.2, 0) is 4.79 Å². The molecule has 1 atom stereocenters. The minimum Gasteiger partial charge on any atom is -0.338 e. The van der Waals surface area contributed by atoms with Crippen molar-refractivity contribution in [3.8, 4) is 0 Å². The highest BCUT2D eigenvalue weighted by molar-refractivity contribution is 5.87. The molecular weight excluding hydrogens is 244 g/mol. The van der Waals surface area contributed by atoms with E-state index in [2.05, 4.69) is 11.9 Å². The average molecular weight is 268 g/mol. The molecule has 1 unspecified atom stereocenters. The van der Waals surface area contributed by atoms with Gasteiger partial charge in [0, 0.05) is 46.8 Å². The van der Waals surface area contributed by atoms with E-state index in [0.29, 0.717) is 6.54 Å². The fourth-order valence-electron chi connectivity index (χ4n) is 2.75. The van der Waals surface area contributed by atoms with Gasteiger partial charge in [-0.25, -0.2) is 4.79 Å². The molecule has 0 radical (unpaired) electrons. The molecular formula is C13H24N4O2. The van der Waals surface area contributed by atoms with Crippen LogP contribution in [0.4, 0.5) is 4.79 Å². The zero-order valence-corrected chi connectivity index (χ0v) is 12.1. The van der Waals surface area contributed by atoms with Crippen LogP contribution in [0.15, 0.2) is 0 Å². The lowest BCUT2D eigenvalue weighted by Crippen LogP contribution is -2.54. The van der Waals surface area contributed by atoms with E-state index in [0.717, 1.165) is 39.0 Å². The molecule has 0 N–H and O–H groups in total. The molecule has 2 aliphatic rings. The van der Waals surface area contributed by atoms with Crippen LogP contribution < -0.4 is 0 Å². The SMILES string of the molecule is CN1CCN(C(=O)C2CCCN2C(=O)N(C)C)CC1. The first-order valence-corrected chi connectivity index (χ1v) is 6.96. The summed E-state index contributed by atoms with van der Waals surface area (Å²) in [4.78, 5) is 32.0. The highest BCUT2D eigenvalue weighted by Gasteiger charge is 2.37. The molecule has 0 saturated carbocycles. The molecule has 19 heavy (non-hydrogen) atoms. The number of amides is 3. The van der Waals surface area contributed by atoms with E-state index in [1.165, 1.54) is 0 Å². The van der Waals surface area contributed by atoms with Crippen LogP contribution in [0.2, 0.25) is 0 Å². The predicted octanol–water partition coefficient (Wildman–Crippen LogP) is -0.0936. The van der Waals surface area contributed by atoms with Gasteiger partial charge in [0.25, 0.3) is 0 Å². The second kappa shape index (κ2) is 5.77. The summed E-state index contributed by atoms with van der Waals surface area (Å²) in [6.07, 6.45) is 1.72. The zero-order chi connectivity index (χ0) is 14.0. The van der Waals surface area contributed by atoms with Crippen molar-refractivity contribution in [2.45, 2.75) is 18.9 Å². The number of rotatable bonds is 1. The normalized spacial score (nSPS) is 24.7. The van der Waals surface area contributed by atoms with Crippen molar-refractivity contribution >= 4 is 11.9 Å². The number of piperazine rings is 1. The summed E-state index contributed by atoms with van der Waals surface area (Å²) < 4.78 is 0. The van der Waals surface area contributed by atoms with Gasteiger partial charge >= 0.3 is 6.03 Å². The molecule has 6 heteroatoms. The lowest BCUT2D eigenvalue weighted by atomic mass is 10.1. The molecule has 2 heterocycles. The maximum absolute atomic E-state index is 12.5. The second-order valence-corrected chi connectivity index (χ2v) is 5.66. The summed E-state index contributed by atoms with van der Waals surface area (Å²) >= 11 is 0. The molecule has 0 aromatic rings. The Bertz CT molecular complexity index is 351. The number of urea groups is 1. The third-order valence-electron chi connectivity index (χ3n) is 3.98. The van der Waals surface area contributed by atoms with Gasteiger partial charge in [0.1, 0.15) is 6.04 Å². The van der Waals surface area contributed by atoms with E-state index in [1.54, 1.807) is 23.9 Å². The van der Waals surface area contributed by atoms with E-state index in [1.807, 2.05) is 4.90 Å². The second-order valence-electron chi connectivity index (χ2n) is 5.66. The Morgan fingerprint density at radius 2 is 1.68 bits per heavy atom. The molecule has 2 aliphatic heterocycles. The number of nitrogens with zero attached hydrogens (tertiary/aromatic N) is 4. The fourth-order valence-corrected chi connectivity index (χ4v) is 2.75. The monoisotopic (exact) mass is 268 g/mol. The lowest BCUT2D eigenvalue weighted by molar-refractivity contribution is -0.136. The minimum absolute atomic E-state index is 0.0509. The first kappa shape index (κ1) is 14.1. The van der Waals surface area contributed by atoms with Crippen LogP contribution in [0.5, 0.6) is 0 Å².